The molecular formula is C25H23FN4O2. The Bertz CT molecular complexity index is 1190. The number of ether oxygens (including phenoxy) is 1. The van der Waals surface area contributed by atoms with Crippen molar-refractivity contribution in [1.29, 1.82) is 0 Å². The molecule has 2 aliphatic rings. The van der Waals surface area contributed by atoms with Gasteiger partial charge in [0.15, 0.2) is 0 Å². The second-order valence-corrected chi connectivity index (χ2v) is 8.12. The van der Waals surface area contributed by atoms with Crippen molar-refractivity contribution in [3.63, 3.8) is 0 Å². The SMILES string of the molecule is C=C(c1ccc(-c2ccc(-c3ccnc(OC)c3)cc2O)nn1)[C@@H]1CC2C=CC(N2)[C@@H]1F. The Morgan fingerprint density at radius 2 is 1.97 bits per heavy atom. The summed E-state index contributed by atoms with van der Waals surface area (Å²) < 4.78 is 20.0. The van der Waals surface area contributed by atoms with Crippen molar-refractivity contribution in [2.45, 2.75) is 24.7 Å². The minimum atomic E-state index is -1.04. The molecule has 2 aromatic heterocycles. The first-order chi connectivity index (χ1) is 15.5. The van der Waals surface area contributed by atoms with Crippen molar-refractivity contribution >= 4 is 5.57 Å². The Morgan fingerprint density at radius 1 is 1.12 bits per heavy atom. The summed E-state index contributed by atoms with van der Waals surface area (Å²) in [4.78, 5) is 4.10. The standard InChI is InChI=1S/C25H23FN4O2/c1-14(19-13-17-4-6-22(28-17)25(19)26)20-7-8-21(30-29-20)18-5-3-15(11-23(18)31)16-9-10-27-24(12-16)32-2/h3-12,17,19,22,25,28,31H,1,13H2,2H3/t17?,19-,22?,25+/m0/s1. The molecule has 0 saturated carbocycles. The van der Waals surface area contributed by atoms with Crippen molar-refractivity contribution in [2.75, 3.05) is 7.11 Å². The molecule has 1 fully saturated rings. The lowest BCUT2D eigenvalue weighted by Gasteiger charge is -2.33. The summed E-state index contributed by atoms with van der Waals surface area (Å²) in [7, 11) is 1.56. The maximum absolute atomic E-state index is 14.8. The molecule has 0 spiro atoms. The summed E-state index contributed by atoms with van der Waals surface area (Å²) in [6.07, 6.45) is 5.18. The van der Waals surface area contributed by atoms with Crippen LogP contribution in [-0.4, -0.2) is 45.7 Å². The van der Waals surface area contributed by atoms with Crippen molar-refractivity contribution in [3.05, 3.63) is 73.1 Å². The predicted octanol–water partition coefficient (Wildman–Crippen LogP) is 4.19. The van der Waals surface area contributed by atoms with E-state index >= 15 is 0 Å². The summed E-state index contributed by atoms with van der Waals surface area (Å²) in [6, 6.07) is 12.5. The monoisotopic (exact) mass is 430 g/mol. The van der Waals surface area contributed by atoms with Gasteiger partial charge in [-0.25, -0.2) is 9.37 Å². The molecular weight excluding hydrogens is 407 g/mol. The third-order valence-corrected chi connectivity index (χ3v) is 6.18. The predicted molar refractivity (Wildman–Crippen MR) is 121 cm³/mol. The van der Waals surface area contributed by atoms with Crippen LogP contribution in [0.1, 0.15) is 12.1 Å². The van der Waals surface area contributed by atoms with Gasteiger partial charge in [0.25, 0.3) is 0 Å². The van der Waals surface area contributed by atoms with Gasteiger partial charge in [-0.2, -0.15) is 5.10 Å². The Balaban J connectivity index is 1.36. The van der Waals surface area contributed by atoms with Crippen LogP contribution in [0, 0.1) is 5.92 Å². The zero-order valence-corrected chi connectivity index (χ0v) is 17.6. The molecule has 32 heavy (non-hydrogen) atoms. The highest BCUT2D eigenvalue weighted by Gasteiger charge is 2.40. The molecule has 2 N–H and O–H groups in total. The van der Waals surface area contributed by atoms with E-state index in [0.29, 0.717) is 34.8 Å². The summed E-state index contributed by atoms with van der Waals surface area (Å²) in [5.41, 5.74) is 4.02. The number of hydrogen-bond acceptors (Lipinski definition) is 6. The van der Waals surface area contributed by atoms with Gasteiger partial charge in [-0.15, -0.1) is 5.10 Å². The van der Waals surface area contributed by atoms with E-state index in [2.05, 4.69) is 27.1 Å². The molecule has 0 radical (unpaired) electrons. The molecule has 1 aromatic carbocycles. The van der Waals surface area contributed by atoms with Crippen LogP contribution < -0.4 is 10.1 Å². The number of methoxy groups -OCH3 is 1. The zero-order chi connectivity index (χ0) is 22.2. The molecule has 2 unspecified atom stereocenters. The fourth-order valence-corrected chi connectivity index (χ4v) is 4.41. The number of phenolic OH excluding ortho intramolecular Hbond substituents is 1. The second-order valence-electron chi connectivity index (χ2n) is 8.12. The third-order valence-electron chi connectivity index (χ3n) is 6.18. The topological polar surface area (TPSA) is 80.2 Å². The first-order valence-electron chi connectivity index (χ1n) is 10.5. The first-order valence-corrected chi connectivity index (χ1v) is 10.5. The van der Waals surface area contributed by atoms with Gasteiger partial charge < -0.3 is 15.2 Å². The molecule has 162 valence electrons. The number of piperidine rings is 1. The molecule has 2 bridgehead atoms. The highest BCUT2D eigenvalue weighted by atomic mass is 19.1. The highest BCUT2D eigenvalue weighted by Crippen LogP contribution is 2.38. The maximum Gasteiger partial charge on any atom is 0.213 e. The smallest absolute Gasteiger partial charge is 0.213 e. The zero-order valence-electron chi connectivity index (χ0n) is 17.6. The van der Waals surface area contributed by atoms with Crippen molar-refractivity contribution < 1.29 is 14.2 Å². The van der Waals surface area contributed by atoms with Crippen LogP contribution in [0.25, 0.3) is 28.0 Å². The third kappa shape index (κ3) is 3.65. The first kappa shape index (κ1) is 20.3. The lowest BCUT2D eigenvalue weighted by molar-refractivity contribution is 0.179. The molecule has 0 aliphatic carbocycles. The van der Waals surface area contributed by atoms with Gasteiger partial charge in [0.05, 0.1) is 24.5 Å². The number of nitrogens with zero attached hydrogens (tertiary/aromatic N) is 3. The number of alkyl halides is 1. The highest BCUT2D eigenvalue weighted by molar-refractivity contribution is 5.75. The molecule has 0 amide bonds. The molecule has 7 heteroatoms. The average Bonchev–Trinajstić information content (AvgIpc) is 3.24. The molecule has 1 saturated heterocycles. The molecule has 4 atom stereocenters. The van der Waals surface area contributed by atoms with Crippen LogP contribution in [0.3, 0.4) is 0 Å². The van der Waals surface area contributed by atoms with Crippen molar-refractivity contribution in [2.24, 2.45) is 5.92 Å². The fraction of sp³-hybridized carbons (Fsp3) is 0.240. The quantitative estimate of drug-likeness (QED) is 0.591. The van der Waals surface area contributed by atoms with Gasteiger partial charge in [-0.1, -0.05) is 24.8 Å². The second kappa shape index (κ2) is 8.16. The maximum atomic E-state index is 14.8. The fourth-order valence-electron chi connectivity index (χ4n) is 4.41. The number of pyridine rings is 1. The normalized spacial score (nSPS) is 23.8. The van der Waals surface area contributed by atoms with Crippen molar-refractivity contribution in [3.8, 4) is 34.0 Å². The van der Waals surface area contributed by atoms with E-state index < -0.39 is 6.17 Å². The van der Waals surface area contributed by atoms with E-state index in [1.807, 2.05) is 24.3 Å². The Kier molecular flexibility index (Phi) is 5.19. The number of benzene rings is 1. The number of aromatic hydroxyl groups is 1. The van der Waals surface area contributed by atoms with Crippen LogP contribution in [0.5, 0.6) is 11.6 Å². The number of nitrogens with one attached hydrogen (secondary N) is 1. The van der Waals surface area contributed by atoms with E-state index in [4.69, 9.17) is 4.74 Å². The Hall–Kier alpha value is -3.58. The minimum absolute atomic E-state index is 0.0870. The molecule has 3 aromatic rings. The van der Waals surface area contributed by atoms with Gasteiger partial charge >= 0.3 is 0 Å². The lowest BCUT2D eigenvalue weighted by Crippen LogP contribution is -2.47. The summed E-state index contributed by atoms with van der Waals surface area (Å²) >= 11 is 0. The van der Waals surface area contributed by atoms with Crippen LogP contribution >= 0.6 is 0 Å². The molecule has 5 rings (SSSR count). The van der Waals surface area contributed by atoms with E-state index in [9.17, 15) is 9.50 Å². The number of aromatic nitrogens is 3. The van der Waals surface area contributed by atoms with Gasteiger partial charge in [-0.3, -0.25) is 0 Å². The van der Waals surface area contributed by atoms with Crippen LogP contribution in [-0.2, 0) is 0 Å². The molecule has 4 heterocycles. The van der Waals surface area contributed by atoms with E-state index in [1.54, 1.807) is 43.6 Å². The average molecular weight is 430 g/mol. The summed E-state index contributed by atoms with van der Waals surface area (Å²) in [5, 5.41) is 22.4. The van der Waals surface area contributed by atoms with Crippen molar-refractivity contribution in [1.82, 2.24) is 20.5 Å². The van der Waals surface area contributed by atoms with E-state index in [1.165, 1.54) is 0 Å². The van der Waals surface area contributed by atoms with Gasteiger partial charge in [-0.05, 0) is 53.5 Å². The number of rotatable bonds is 5. The van der Waals surface area contributed by atoms with Gasteiger partial charge in [0.1, 0.15) is 11.9 Å². The Morgan fingerprint density at radius 3 is 2.72 bits per heavy atom. The summed E-state index contributed by atoms with van der Waals surface area (Å²) in [5.74, 6) is 0.288. The van der Waals surface area contributed by atoms with Crippen LogP contribution in [0.4, 0.5) is 4.39 Å². The Labute approximate surface area is 185 Å². The van der Waals surface area contributed by atoms with E-state index in [0.717, 1.165) is 11.1 Å². The number of fused-ring (bicyclic) bond motifs is 2. The number of halogens is 1. The number of hydrogen-bond donors (Lipinski definition) is 2. The number of phenols is 1. The largest absolute Gasteiger partial charge is 0.507 e. The lowest BCUT2D eigenvalue weighted by atomic mass is 9.83. The van der Waals surface area contributed by atoms with Gasteiger partial charge in [0, 0.05) is 29.8 Å². The van der Waals surface area contributed by atoms with Crippen LogP contribution in [0.15, 0.2) is 67.4 Å². The van der Waals surface area contributed by atoms with Crippen LogP contribution in [0.2, 0.25) is 0 Å². The molecule has 6 nitrogen and oxygen atoms in total. The number of allylic oxidation sites excluding steroid dienone is 1. The summed E-state index contributed by atoms with van der Waals surface area (Å²) in [6.45, 7) is 4.11. The minimum Gasteiger partial charge on any atom is -0.507 e. The molecule has 2 aliphatic heterocycles. The van der Waals surface area contributed by atoms with Gasteiger partial charge in [0.2, 0.25) is 5.88 Å². The van der Waals surface area contributed by atoms with E-state index in [-0.39, 0.29) is 23.8 Å².